The van der Waals surface area contributed by atoms with Crippen molar-refractivity contribution in [1.29, 1.82) is 0 Å². The zero-order valence-electron chi connectivity index (χ0n) is 9.92. The number of benzene rings is 2. The first-order valence-corrected chi connectivity index (χ1v) is 5.48. The summed E-state index contributed by atoms with van der Waals surface area (Å²) in [5.41, 5.74) is 0.654. The third-order valence-corrected chi connectivity index (χ3v) is 2.79. The van der Waals surface area contributed by atoms with Crippen molar-refractivity contribution in [2.75, 3.05) is 14.1 Å². The molecule has 0 spiro atoms. The number of aliphatic hydroxyl groups is 1. The standard InChI is InChI=1S/C14H15NO2/c1-15(2)14(17)13(16)12-9-5-7-10-6-3-4-8-11(10)12/h3-9,13,16H,1-2H3/t13-/m1/s1. The second-order valence-electron chi connectivity index (χ2n) is 4.20. The van der Waals surface area contributed by atoms with Gasteiger partial charge in [0, 0.05) is 14.1 Å². The largest absolute Gasteiger partial charge is 0.378 e. The lowest BCUT2D eigenvalue weighted by Crippen LogP contribution is -2.28. The molecule has 2 aromatic carbocycles. The van der Waals surface area contributed by atoms with Gasteiger partial charge in [-0.15, -0.1) is 0 Å². The second kappa shape index (κ2) is 4.55. The molecule has 1 atom stereocenters. The molecule has 0 radical (unpaired) electrons. The molecule has 2 rings (SSSR count). The number of carbonyl (C=O) groups is 1. The van der Waals surface area contributed by atoms with Gasteiger partial charge in [-0.2, -0.15) is 0 Å². The third-order valence-electron chi connectivity index (χ3n) is 2.79. The number of nitrogens with zero attached hydrogens (tertiary/aromatic N) is 1. The maximum absolute atomic E-state index is 11.8. The highest BCUT2D eigenvalue weighted by atomic mass is 16.3. The van der Waals surface area contributed by atoms with Crippen LogP contribution >= 0.6 is 0 Å². The van der Waals surface area contributed by atoms with Crippen LogP contribution in [0, 0.1) is 0 Å². The highest BCUT2D eigenvalue weighted by Crippen LogP contribution is 2.24. The quantitative estimate of drug-likeness (QED) is 0.855. The molecule has 2 aromatic rings. The smallest absolute Gasteiger partial charge is 0.255 e. The summed E-state index contributed by atoms with van der Waals surface area (Å²) in [6.07, 6.45) is -1.10. The van der Waals surface area contributed by atoms with Gasteiger partial charge in [-0.1, -0.05) is 42.5 Å². The van der Waals surface area contributed by atoms with Crippen molar-refractivity contribution in [3.05, 3.63) is 48.0 Å². The first-order valence-electron chi connectivity index (χ1n) is 5.48. The van der Waals surface area contributed by atoms with Crippen LogP contribution in [0.2, 0.25) is 0 Å². The molecule has 0 saturated carbocycles. The number of hydrogen-bond donors (Lipinski definition) is 1. The predicted molar refractivity (Wildman–Crippen MR) is 67.6 cm³/mol. The Morgan fingerprint density at radius 2 is 1.76 bits per heavy atom. The molecule has 3 heteroatoms. The van der Waals surface area contributed by atoms with Gasteiger partial charge < -0.3 is 10.0 Å². The van der Waals surface area contributed by atoms with Gasteiger partial charge in [0.1, 0.15) is 0 Å². The number of fused-ring (bicyclic) bond motifs is 1. The zero-order valence-corrected chi connectivity index (χ0v) is 9.92. The van der Waals surface area contributed by atoms with E-state index < -0.39 is 6.10 Å². The van der Waals surface area contributed by atoms with Crippen molar-refractivity contribution < 1.29 is 9.90 Å². The van der Waals surface area contributed by atoms with Crippen molar-refractivity contribution in [3.8, 4) is 0 Å². The molecule has 0 unspecified atom stereocenters. The lowest BCUT2D eigenvalue weighted by atomic mass is 10.00. The monoisotopic (exact) mass is 229 g/mol. The van der Waals surface area contributed by atoms with E-state index in [0.717, 1.165) is 10.8 Å². The molecule has 0 fully saturated rings. The topological polar surface area (TPSA) is 40.5 Å². The number of hydrogen-bond acceptors (Lipinski definition) is 2. The van der Waals surface area contributed by atoms with Crippen LogP contribution in [-0.2, 0) is 4.79 Å². The van der Waals surface area contributed by atoms with Crippen LogP contribution < -0.4 is 0 Å². The summed E-state index contributed by atoms with van der Waals surface area (Å²) < 4.78 is 0. The molecule has 0 aliphatic carbocycles. The second-order valence-corrected chi connectivity index (χ2v) is 4.20. The minimum absolute atomic E-state index is 0.304. The van der Waals surface area contributed by atoms with Crippen LogP contribution in [0.5, 0.6) is 0 Å². The maximum atomic E-state index is 11.8. The summed E-state index contributed by atoms with van der Waals surface area (Å²) in [5, 5.41) is 12.0. The molecule has 0 aliphatic rings. The number of carbonyl (C=O) groups excluding carboxylic acids is 1. The summed E-state index contributed by atoms with van der Waals surface area (Å²) in [6, 6.07) is 13.3. The summed E-state index contributed by atoms with van der Waals surface area (Å²) in [7, 11) is 3.27. The Hall–Kier alpha value is -1.87. The van der Waals surface area contributed by atoms with E-state index >= 15 is 0 Å². The van der Waals surface area contributed by atoms with Crippen molar-refractivity contribution >= 4 is 16.7 Å². The van der Waals surface area contributed by atoms with Crippen molar-refractivity contribution in [2.45, 2.75) is 6.10 Å². The van der Waals surface area contributed by atoms with Gasteiger partial charge >= 0.3 is 0 Å². The molecule has 0 aliphatic heterocycles. The summed E-state index contributed by atoms with van der Waals surface area (Å²) in [6.45, 7) is 0. The van der Waals surface area contributed by atoms with E-state index in [0.29, 0.717) is 5.56 Å². The lowest BCUT2D eigenvalue weighted by Gasteiger charge is -2.17. The fraction of sp³-hybridized carbons (Fsp3) is 0.214. The number of amides is 1. The van der Waals surface area contributed by atoms with Crippen molar-refractivity contribution in [2.24, 2.45) is 0 Å². The Kier molecular flexibility index (Phi) is 3.11. The predicted octanol–water partition coefficient (Wildman–Crippen LogP) is 1.96. The number of aliphatic hydroxyl groups excluding tert-OH is 1. The molecular weight excluding hydrogens is 214 g/mol. The van der Waals surface area contributed by atoms with Gasteiger partial charge in [0.15, 0.2) is 6.10 Å². The number of rotatable bonds is 2. The van der Waals surface area contributed by atoms with E-state index in [1.54, 1.807) is 20.2 Å². The number of likely N-dealkylation sites (N-methyl/N-ethyl adjacent to an activating group) is 1. The highest BCUT2D eigenvalue weighted by Gasteiger charge is 2.20. The molecule has 1 amide bonds. The molecular formula is C14H15NO2. The van der Waals surface area contributed by atoms with Gasteiger partial charge in [-0.25, -0.2) is 0 Å². The average Bonchev–Trinajstić information content (AvgIpc) is 2.36. The molecule has 0 aromatic heterocycles. The minimum atomic E-state index is -1.10. The van der Waals surface area contributed by atoms with Gasteiger partial charge in [0.25, 0.3) is 5.91 Å². The van der Waals surface area contributed by atoms with Crippen molar-refractivity contribution in [3.63, 3.8) is 0 Å². The normalized spacial score (nSPS) is 12.4. The van der Waals surface area contributed by atoms with Gasteiger partial charge in [0.2, 0.25) is 0 Å². The fourth-order valence-corrected chi connectivity index (χ4v) is 1.87. The van der Waals surface area contributed by atoms with Crippen LogP contribution in [0.3, 0.4) is 0 Å². The fourth-order valence-electron chi connectivity index (χ4n) is 1.87. The summed E-state index contributed by atoms with van der Waals surface area (Å²) in [4.78, 5) is 13.2. The lowest BCUT2D eigenvalue weighted by molar-refractivity contribution is -0.137. The van der Waals surface area contributed by atoms with E-state index in [1.165, 1.54) is 4.90 Å². The Balaban J connectivity index is 2.52. The third kappa shape index (κ3) is 2.15. The highest BCUT2D eigenvalue weighted by molar-refractivity contribution is 5.91. The van der Waals surface area contributed by atoms with E-state index in [-0.39, 0.29) is 5.91 Å². The Bertz CT molecular complexity index is 543. The van der Waals surface area contributed by atoms with E-state index in [2.05, 4.69) is 0 Å². The summed E-state index contributed by atoms with van der Waals surface area (Å²) in [5.74, 6) is -0.304. The van der Waals surface area contributed by atoms with Crippen LogP contribution in [0.1, 0.15) is 11.7 Å². The summed E-state index contributed by atoms with van der Waals surface area (Å²) >= 11 is 0. The van der Waals surface area contributed by atoms with Crippen LogP contribution in [-0.4, -0.2) is 30.0 Å². The van der Waals surface area contributed by atoms with Crippen LogP contribution in [0.15, 0.2) is 42.5 Å². The van der Waals surface area contributed by atoms with E-state index in [1.807, 2.05) is 36.4 Å². The molecule has 0 saturated heterocycles. The van der Waals surface area contributed by atoms with Crippen LogP contribution in [0.4, 0.5) is 0 Å². The molecule has 1 N–H and O–H groups in total. The molecule has 17 heavy (non-hydrogen) atoms. The average molecular weight is 229 g/mol. The minimum Gasteiger partial charge on any atom is -0.378 e. The Labute approximate surface area is 100 Å². The van der Waals surface area contributed by atoms with Gasteiger partial charge in [-0.05, 0) is 16.3 Å². The van der Waals surface area contributed by atoms with Crippen LogP contribution in [0.25, 0.3) is 10.8 Å². The zero-order chi connectivity index (χ0) is 12.4. The van der Waals surface area contributed by atoms with Crippen molar-refractivity contribution in [1.82, 2.24) is 4.90 Å². The Morgan fingerprint density at radius 1 is 1.12 bits per heavy atom. The molecule has 3 nitrogen and oxygen atoms in total. The van der Waals surface area contributed by atoms with Gasteiger partial charge in [0.05, 0.1) is 0 Å². The van der Waals surface area contributed by atoms with E-state index in [4.69, 9.17) is 0 Å². The molecule has 0 heterocycles. The molecule has 0 bridgehead atoms. The SMILES string of the molecule is CN(C)C(=O)[C@H](O)c1cccc2ccccc12. The maximum Gasteiger partial charge on any atom is 0.255 e. The van der Waals surface area contributed by atoms with E-state index in [9.17, 15) is 9.90 Å². The Morgan fingerprint density at radius 3 is 2.47 bits per heavy atom. The molecule has 88 valence electrons. The van der Waals surface area contributed by atoms with Gasteiger partial charge in [-0.3, -0.25) is 4.79 Å². The first-order chi connectivity index (χ1) is 8.11. The first kappa shape index (κ1) is 11.6.